The first kappa shape index (κ1) is 21.6. The maximum Gasteiger partial charge on any atom is 0.271 e. The molecule has 1 saturated carbocycles. The van der Waals surface area contributed by atoms with Gasteiger partial charge in [0, 0.05) is 41.2 Å². The first-order valence-corrected chi connectivity index (χ1v) is 11.2. The van der Waals surface area contributed by atoms with E-state index in [1.54, 1.807) is 24.4 Å². The molecule has 8 nitrogen and oxygen atoms in total. The van der Waals surface area contributed by atoms with Crippen LogP contribution >= 0.6 is 0 Å². The molecule has 34 heavy (non-hydrogen) atoms. The van der Waals surface area contributed by atoms with E-state index in [4.69, 9.17) is 0 Å². The van der Waals surface area contributed by atoms with E-state index in [0.717, 1.165) is 48.6 Å². The van der Waals surface area contributed by atoms with Gasteiger partial charge in [0.05, 0.1) is 10.4 Å². The van der Waals surface area contributed by atoms with Gasteiger partial charge in [-0.15, -0.1) is 0 Å². The highest BCUT2D eigenvalue weighted by Gasteiger charge is 2.26. The number of hydrogen-bond donors (Lipinski definition) is 2. The second kappa shape index (κ2) is 8.96. The van der Waals surface area contributed by atoms with E-state index < -0.39 is 10.5 Å². The molecule has 2 aromatic heterocycles. The summed E-state index contributed by atoms with van der Waals surface area (Å²) in [7, 11) is 0. The molecule has 170 valence electrons. The number of aromatic nitrogens is 3. The first-order valence-electron chi connectivity index (χ1n) is 11.2. The fraction of sp³-hybridized carbons (Fsp3) is 0.231. The Kier molecular flexibility index (Phi) is 5.70. The molecular formula is C26H23N5O3. The molecule has 0 unspecified atom stereocenters. The number of hydrogen-bond acceptors (Lipinski definition) is 6. The van der Waals surface area contributed by atoms with Crippen molar-refractivity contribution in [3.63, 3.8) is 0 Å². The average Bonchev–Trinajstić information content (AvgIpc) is 3.27. The van der Waals surface area contributed by atoms with Gasteiger partial charge in [0.2, 0.25) is 5.95 Å². The summed E-state index contributed by atoms with van der Waals surface area (Å²) in [5.41, 5.74) is 1.39. The van der Waals surface area contributed by atoms with Crippen molar-refractivity contribution in [2.45, 2.75) is 37.7 Å². The lowest BCUT2D eigenvalue weighted by atomic mass is 9.85. The monoisotopic (exact) mass is 453 g/mol. The smallest absolute Gasteiger partial charge is 0.271 e. The number of fused-ring (bicyclic) bond motifs is 1. The second-order valence-corrected chi connectivity index (χ2v) is 8.47. The molecule has 5 rings (SSSR count). The van der Waals surface area contributed by atoms with Crippen LogP contribution in [0.25, 0.3) is 16.7 Å². The van der Waals surface area contributed by atoms with Crippen LogP contribution < -0.4 is 5.32 Å². The maximum atomic E-state index is 11.0. The third-order valence-corrected chi connectivity index (χ3v) is 6.01. The van der Waals surface area contributed by atoms with Crippen LogP contribution in [0.1, 0.15) is 37.7 Å². The van der Waals surface area contributed by atoms with Gasteiger partial charge in [-0.1, -0.05) is 30.4 Å². The van der Waals surface area contributed by atoms with Crippen LogP contribution in [0, 0.1) is 22.0 Å². The third-order valence-electron chi connectivity index (χ3n) is 6.01. The summed E-state index contributed by atoms with van der Waals surface area (Å²) in [5.74, 6) is 7.23. The van der Waals surface area contributed by atoms with Crippen LogP contribution in [0.4, 0.5) is 17.3 Å². The van der Waals surface area contributed by atoms with E-state index in [1.165, 1.54) is 12.1 Å². The van der Waals surface area contributed by atoms with Crippen molar-refractivity contribution in [1.29, 1.82) is 0 Å². The lowest BCUT2D eigenvalue weighted by Crippen LogP contribution is -2.29. The molecule has 0 saturated heterocycles. The summed E-state index contributed by atoms with van der Waals surface area (Å²) in [6, 6.07) is 15.9. The van der Waals surface area contributed by atoms with E-state index in [2.05, 4.69) is 27.1 Å². The highest BCUT2D eigenvalue weighted by atomic mass is 16.6. The molecule has 1 fully saturated rings. The topological polar surface area (TPSA) is 106 Å². The Labute approximate surface area is 196 Å². The molecule has 0 spiro atoms. The first-order chi connectivity index (χ1) is 16.5. The fourth-order valence-electron chi connectivity index (χ4n) is 4.23. The molecular weight excluding hydrogens is 430 g/mol. The Hall–Kier alpha value is -4.22. The molecule has 0 bridgehead atoms. The normalized spacial score (nSPS) is 14.9. The zero-order valence-electron chi connectivity index (χ0n) is 18.4. The van der Waals surface area contributed by atoms with Crippen molar-refractivity contribution in [3.05, 3.63) is 82.7 Å². The summed E-state index contributed by atoms with van der Waals surface area (Å²) in [4.78, 5) is 19.4. The van der Waals surface area contributed by atoms with E-state index in [-0.39, 0.29) is 5.69 Å². The molecule has 8 heteroatoms. The largest absolute Gasteiger partial charge is 0.378 e. The zero-order valence-corrected chi connectivity index (χ0v) is 18.4. The van der Waals surface area contributed by atoms with E-state index in [0.29, 0.717) is 17.5 Å². The number of anilines is 2. The van der Waals surface area contributed by atoms with E-state index >= 15 is 0 Å². The van der Waals surface area contributed by atoms with Crippen LogP contribution in [0.5, 0.6) is 0 Å². The SMILES string of the molecule is O=[N+]([O-])c1cccc(Nc2nccc(-n3ccc4ccc(C#CC5(O)CCCCC5)cc43)n2)c1. The quantitative estimate of drug-likeness (QED) is 0.252. The maximum absolute atomic E-state index is 11.0. The number of nitro groups is 1. The lowest BCUT2D eigenvalue weighted by molar-refractivity contribution is -0.384. The predicted octanol–water partition coefficient (Wildman–Crippen LogP) is 5.12. The number of rotatable bonds is 4. The van der Waals surface area contributed by atoms with Crippen molar-refractivity contribution in [3.8, 4) is 17.7 Å². The minimum absolute atomic E-state index is 0.0101. The standard InChI is InChI=1S/C26H23N5O3/c32-26(12-2-1-3-13-26)14-9-19-7-8-20-11-16-30(23(20)17-19)24-10-15-27-25(29-24)28-21-5-4-6-22(18-21)31(33)34/h4-8,10-11,15-18,32H,1-3,12-13H2,(H,27,28,29). The van der Waals surface area contributed by atoms with Gasteiger partial charge in [-0.2, -0.15) is 4.98 Å². The molecule has 4 aromatic rings. The van der Waals surface area contributed by atoms with Crippen LogP contribution in [-0.4, -0.2) is 30.2 Å². The van der Waals surface area contributed by atoms with Gasteiger partial charge in [0.1, 0.15) is 11.4 Å². The molecule has 2 heterocycles. The van der Waals surface area contributed by atoms with Crippen LogP contribution in [0.15, 0.2) is 67.0 Å². The van der Waals surface area contributed by atoms with Crippen molar-refractivity contribution in [2.75, 3.05) is 5.32 Å². The molecule has 1 aliphatic rings. The number of nitrogens with zero attached hydrogens (tertiary/aromatic N) is 4. The fourth-order valence-corrected chi connectivity index (χ4v) is 4.23. The van der Waals surface area contributed by atoms with Crippen molar-refractivity contribution in [1.82, 2.24) is 14.5 Å². The van der Waals surface area contributed by atoms with Gasteiger partial charge in [0.25, 0.3) is 5.69 Å². The average molecular weight is 454 g/mol. The highest BCUT2D eigenvalue weighted by Crippen LogP contribution is 2.28. The Balaban J connectivity index is 1.44. The van der Waals surface area contributed by atoms with Crippen molar-refractivity contribution < 1.29 is 10.0 Å². The minimum Gasteiger partial charge on any atom is -0.378 e. The summed E-state index contributed by atoms with van der Waals surface area (Å²) >= 11 is 0. The van der Waals surface area contributed by atoms with Crippen LogP contribution in [0.3, 0.4) is 0 Å². The zero-order chi connectivity index (χ0) is 23.5. The summed E-state index contributed by atoms with van der Waals surface area (Å²) < 4.78 is 1.94. The van der Waals surface area contributed by atoms with Gasteiger partial charge < -0.3 is 15.0 Å². The molecule has 2 N–H and O–H groups in total. The van der Waals surface area contributed by atoms with Gasteiger partial charge in [0.15, 0.2) is 0 Å². The van der Waals surface area contributed by atoms with Crippen LogP contribution in [0.2, 0.25) is 0 Å². The number of nitrogens with one attached hydrogen (secondary N) is 1. The number of aliphatic hydroxyl groups is 1. The summed E-state index contributed by atoms with van der Waals surface area (Å²) in [5, 5.41) is 25.8. The van der Waals surface area contributed by atoms with Gasteiger partial charge in [-0.3, -0.25) is 10.1 Å². The van der Waals surface area contributed by atoms with Gasteiger partial charge in [-0.25, -0.2) is 4.98 Å². The van der Waals surface area contributed by atoms with E-state index in [9.17, 15) is 15.2 Å². The third kappa shape index (κ3) is 4.60. The van der Waals surface area contributed by atoms with Crippen molar-refractivity contribution in [2.24, 2.45) is 0 Å². The Morgan fingerprint density at radius 2 is 1.94 bits per heavy atom. The Morgan fingerprint density at radius 3 is 2.76 bits per heavy atom. The highest BCUT2D eigenvalue weighted by molar-refractivity contribution is 5.83. The molecule has 0 radical (unpaired) electrons. The van der Waals surface area contributed by atoms with Gasteiger partial charge >= 0.3 is 0 Å². The van der Waals surface area contributed by atoms with E-state index in [1.807, 2.05) is 35.0 Å². The Morgan fingerprint density at radius 1 is 1.09 bits per heavy atom. The number of nitro benzene ring substituents is 1. The molecule has 0 amide bonds. The molecule has 2 aromatic carbocycles. The summed E-state index contributed by atoms with van der Waals surface area (Å²) in [6.07, 6.45) is 8.17. The number of benzene rings is 2. The lowest BCUT2D eigenvalue weighted by Gasteiger charge is -2.26. The Bertz CT molecular complexity index is 1430. The molecule has 0 atom stereocenters. The minimum atomic E-state index is -0.894. The van der Waals surface area contributed by atoms with Crippen LogP contribution in [-0.2, 0) is 0 Å². The molecule has 1 aliphatic carbocycles. The second-order valence-electron chi connectivity index (χ2n) is 8.47. The number of non-ortho nitro benzene ring substituents is 1. The van der Waals surface area contributed by atoms with Gasteiger partial charge in [-0.05, 0) is 56.0 Å². The molecule has 0 aliphatic heterocycles. The predicted molar refractivity (Wildman–Crippen MR) is 130 cm³/mol. The summed E-state index contributed by atoms with van der Waals surface area (Å²) in [6.45, 7) is 0. The van der Waals surface area contributed by atoms with Crippen molar-refractivity contribution >= 4 is 28.2 Å².